The van der Waals surface area contributed by atoms with Gasteiger partial charge in [0.05, 0.1) is 12.2 Å². The Bertz CT molecular complexity index is 625. The Morgan fingerprint density at radius 2 is 2.05 bits per heavy atom. The molecule has 1 aromatic carbocycles. The third kappa shape index (κ3) is 4.51. The SMILES string of the molecule is CCS(=O)(=O)N1CCC(NC(=O)Cc2cccc(F)c2)CC1. The molecule has 1 heterocycles. The average molecular weight is 328 g/mol. The molecule has 122 valence electrons. The minimum atomic E-state index is -3.15. The van der Waals surface area contributed by atoms with Gasteiger partial charge in [-0.3, -0.25) is 4.79 Å². The smallest absolute Gasteiger partial charge is 0.224 e. The van der Waals surface area contributed by atoms with E-state index in [4.69, 9.17) is 0 Å². The topological polar surface area (TPSA) is 66.5 Å². The number of nitrogens with zero attached hydrogens (tertiary/aromatic N) is 1. The summed E-state index contributed by atoms with van der Waals surface area (Å²) in [5, 5.41) is 2.89. The molecule has 0 aromatic heterocycles. The highest BCUT2D eigenvalue weighted by Gasteiger charge is 2.27. The van der Waals surface area contributed by atoms with Crippen LogP contribution in [-0.2, 0) is 21.2 Å². The summed E-state index contributed by atoms with van der Waals surface area (Å²) in [5.74, 6) is -0.422. The maximum absolute atomic E-state index is 13.1. The molecule has 1 saturated heterocycles. The Kier molecular flexibility index (Phi) is 5.52. The molecule has 5 nitrogen and oxygen atoms in total. The summed E-state index contributed by atoms with van der Waals surface area (Å²) in [6.45, 7) is 2.49. The quantitative estimate of drug-likeness (QED) is 0.886. The van der Waals surface area contributed by atoms with Crippen molar-refractivity contribution >= 4 is 15.9 Å². The fraction of sp³-hybridized carbons (Fsp3) is 0.533. The third-order valence-electron chi connectivity index (χ3n) is 3.83. The number of sulfonamides is 1. The van der Waals surface area contributed by atoms with Crippen molar-refractivity contribution in [1.82, 2.24) is 9.62 Å². The Balaban J connectivity index is 1.82. The number of rotatable bonds is 5. The fourth-order valence-electron chi connectivity index (χ4n) is 2.57. The summed E-state index contributed by atoms with van der Waals surface area (Å²) in [5.41, 5.74) is 0.628. The number of carbonyl (C=O) groups excluding carboxylic acids is 1. The first-order chi connectivity index (χ1) is 10.4. The van der Waals surface area contributed by atoms with Gasteiger partial charge in [0.2, 0.25) is 15.9 Å². The standard InChI is InChI=1S/C15H21FN2O3S/c1-2-22(20,21)18-8-6-14(7-9-18)17-15(19)11-12-4-3-5-13(16)10-12/h3-5,10,14H,2,6-9,11H2,1H3,(H,17,19). The molecule has 2 rings (SSSR count). The lowest BCUT2D eigenvalue weighted by Gasteiger charge is -2.31. The number of carbonyl (C=O) groups is 1. The van der Waals surface area contributed by atoms with Gasteiger partial charge >= 0.3 is 0 Å². The molecule has 0 unspecified atom stereocenters. The summed E-state index contributed by atoms with van der Waals surface area (Å²) in [4.78, 5) is 12.0. The molecule has 1 aliphatic rings. The van der Waals surface area contributed by atoms with Crippen LogP contribution in [0.3, 0.4) is 0 Å². The molecule has 1 aliphatic heterocycles. The summed E-state index contributed by atoms with van der Waals surface area (Å²) >= 11 is 0. The molecule has 1 N–H and O–H groups in total. The predicted molar refractivity (Wildman–Crippen MR) is 82.3 cm³/mol. The first-order valence-corrected chi connectivity index (χ1v) is 9.03. The van der Waals surface area contributed by atoms with Crippen LogP contribution >= 0.6 is 0 Å². The minimum absolute atomic E-state index is 0.0237. The molecule has 0 bridgehead atoms. The van der Waals surface area contributed by atoms with E-state index < -0.39 is 10.0 Å². The molecular weight excluding hydrogens is 307 g/mol. The second kappa shape index (κ2) is 7.19. The maximum Gasteiger partial charge on any atom is 0.224 e. The number of benzene rings is 1. The summed E-state index contributed by atoms with van der Waals surface area (Å²) in [6, 6.07) is 5.94. The Labute approximate surface area is 130 Å². The van der Waals surface area contributed by atoms with E-state index in [0.29, 0.717) is 31.5 Å². The molecule has 7 heteroatoms. The first kappa shape index (κ1) is 16.9. The van der Waals surface area contributed by atoms with Crippen molar-refractivity contribution in [2.24, 2.45) is 0 Å². The van der Waals surface area contributed by atoms with Gasteiger partial charge in [0, 0.05) is 19.1 Å². The third-order valence-corrected chi connectivity index (χ3v) is 5.71. The summed E-state index contributed by atoms with van der Waals surface area (Å²) in [6.07, 6.45) is 1.34. The van der Waals surface area contributed by atoms with Crippen LogP contribution in [0.2, 0.25) is 0 Å². The minimum Gasteiger partial charge on any atom is -0.353 e. The number of halogens is 1. The highest BCUT2D eigenvalue weighted by molar-refractivity contribution is 7.89. The molecule has 22 heavy (non-hydrogen) atoms. The van der Waals surface area contributed by atoms with Gasteiger partial charge in [-0.15, -0.1) is 0 Å². The lowest BCUT2D eigenvalue weighted by Crippen LogP contribution is -2.47. The molecule has 1 fully saturated rings. The monoisotopic (exact) mass is 328 g/mol. The van der Waals surface area contributed by atoms with Crippen LogP contribution in [0.1, 0.15) is 25.3 Å². The van der Waals surface area contributed by atoms with Crippen LogP contribution in [0.5, 0.6) is 0 Å². The van der Waals surface area contributed by atoms with Gasteiger partial charge in [0.15, 0.2) is 0 Å². The number of amides is 1. The van der Waals surface area contributed by atoms with Crippen LogP contribution in [0.25, 0.3) is 0 Å². The highest BCUT2D eigenvalue weighted by atomic mass is 32.2. The normalized spacial score (nSPS) is 17.4. The second-order valence-electron chi connectivity index (χ2n) is 5.45. The van der Waals surface area contributed by atoms with Crippen LogP contribution in [-0.4, -0.2) is 43.5 Å². The van der Waals surface area contributed by atoms with Crippen LogP contribution < -0.4 is 5.32 Å². The van der Waals surface area contributed by atoms with E-state index in [1.165, 1.54) is 16.4 Å². The number of hydrogen-bond acceptors (Lipinski definition) is 3. The van der Waals surface area contributed by atoms with Crippen molar-refractivity contribution in [2.75, 3.05) is 18.8 Å². The van der Waals surface area contributed by atoms with Gasteiger partial charge in [-0.05, 0) is 37.5 Å². The molecule has 0 aliphatic carbocycles. The average Bonchev–Trinajstić information content (AvgIpc) is 2.47. The number of nitrogens with one attached hydrogen (secondary N) is 1. The Hall–Kier alpha value is -1.47. The van der Waals surface area contributed by atoms with Gasteiger partial charge in [-0.1, -0.05) is 12.1 Å². The van der Waals surface area contributed by atoms with Crippen molar-refractivity contribution in [2.45, 2.75) is 32.2 Å². The highest BCUT2D eigenvalue weighted by Crippen LogP contribution is 2.14. The van der Waals surface area contributed by atoms with E-state index in [2.05, 4.69) is 5.32 Å². The molecular formula is C15H21FN2O3S. The zero-order valence-electron chi connectivity index (χ0n) is 12.6. The maximum atomic E-state index is 13.1. The molecule has 0 saturated carbocycles. The van der Waals surface area contributed by atoms with Gasteiger partial charge < -0.3 is 5.32 Å². The molecule has 1 amide bonds. The van der Waals surface area contributed by atoms with Gasteiger partial charge in [-0.25, -0.2) is 17.1 Å². The Morgan fingerprint density at radius 3 is 2.64 bits per heavy atom. The molecule has 0 radical (unpaired) electrons. The van der Waals surface area contributed by atoms with Crippen LogP contribution in [0.15, 0.2) is 24.3 Å². The summed E-state index contributed by atoms with van der Waals surface area (Å²) in [7, 11) is -3.15. The molecule has 1 aromatic rings. The van der Waals surface area contributed by atoms with Crippen molar-refractivity contribution in [3.05, 3.63) is 35.6 Å². The van der Waals surface area contributed by atoms with Gasteiger partial charge in [0.25, 0.3) is 0 Å². The van der Waals surface area contributed by atoms with Crippen molar-refractivity contribution in [3.63, 3.8) is 0 Å². The molecule has 0 spiro atoms. The van der Waals surface area contributed by atoms with E-state index in [1.807, 2.05) is 0 Å². The predicted octanol–water partition coefficient (Wildman–Crippen LogP) is 1.30. The van der Waals surface area contributed by atoms with Gasteiger partial charge in [0.1, 0.15) is 5.82 Å². The van der Waals surface area contributed by atoms with E-state index in [1.54, 1.807) is 19.1 Å². The second-order valence-corrected chi connectivity index (χ2v) is 7.71. The van der Waals surface area contributed by atoms with Crippen LogP contribution in [0, 0.1) is 5.82 Å². The van der Waals surface area contributed by atoms with Crippen molar-refractivity contribution < 1.29 is 17.6 Å². The zero-order valence-corrected chi connectivity index (χ0v) is 13.4. The summed E-state index contributed by atoms with van der Waals surface area (Å²) < 4.78 is 38.1. The first-order valence-electron chi connectivity index (χ1n) is 7.42. The fourth-order valence-corrected chi connectivity index (χ4v) is 3.70. The van der Waals surface area contributed by atoms with E-state index >= 15 is 0 Å². The van der Waals surface area contributed by atoms with Crippen molar-refractivity contribution in [3.8, 4) is 0 Å². The lowest BCUT2D eigenvalue weighted by atomic mass is 10.1. The number of hydrogen-bond donors (Lipinski definition) is 1. The van der Waals surface area contributed by atoms with Gasteiger partial charge in [-0.2, -0.15) is 0 Å². The zero-order chi connectivity index (χ0) is 16.2. The molecule has 0 atom stereocenters. The van der Waals surface area contributed by atoms with Crippen LogP contribution in [0.4, 0.5) is 4.39 Å². The van der Waals surface area contributed by atoms with E-state index in [0.717, 1.165) is 0 Å². The van der Waals surface area contributed by atoms with E-state index in [9.17, 15) is 17.6 Å². The largest absolute Gasteiger partial charge is 0.353 e. The lowest BCUT2D eigenvalue weighted by molar-refractivity contribution is -0.121. The number of piperidine rings is 1. The van der Waals surface area contributed by atoms with E-state index in [-0.39, 0.29) is 29.9 Å². The van der Waals surface area contributed by atoms with Crippen molar-refractivity contribution in [1.29, 1.82) is 0 Å². The Morgan fingerprint density at radius 1 is 1.36 bits per heavy atom.